The first kappa shape index (κ1) is 18.2. The highest BCUT2D eigenvalue weighted by Gasteiger charge is 2.19. The Morgan fingerprint density at radius 3 is 2.44 bits per heavy atom. The van der Waals surface area contributed by atoms with Crippen molar-refractivity contribution >= 4 is 10.9 Å². The van der Waals surface area contributed by atoms with Crippen LogP contribution in [-0.4, -0.2) is 4.98 Å². The smallest absolute Gasteiger partial charge is 0.0712 e. The van der Waals surface area contributed by atoms with E-state index in [1.807, 2.05) is 0 Å². The number of hydrogen-bond donors (Lipinski definition) is 0. The van der Waals surface area contributed by atoms with E-state index in [1.165, 1.54) is 59.7 Å². The molecule has 0 amide bonds. The van der Waals surface area contributed by atoms with Gasteiger partial charge in [-0.1, -0.05) is 76.3 Å². The Hall–Kier alpha value is -2.15. The van der Waals surface area contributed by atoms with Crippen LogP contribution in [0.15, 0.2) is 48.5 Å². The number of aryl methyl sites for hydroxylation is 1. The van der Waals surface area contributed by atoms with Crippen molar-refractivity contribution in [3.8, 4) is 11.3 Å². The Morgan fingerprint density at radius 1 is 0.963 bits per heavy atom. The first-order chi connectivity index (χ1) is 12.9. The molecule has 1 aliphatic carbocycles. The van der Waals surface area contributed by atoms with E-state index in [9.17, 15) is 0 Å². The molecular weight excluding hydrogens is 326 g/mol. The van der Waals surface area contributed by atoms with Crippen LogP contribution < -0.4 is 0 Å². The highest BCUT2D eigenvalue weighted by Crippen LogP contribution is 2.34. The van der Waals surface area contributed by atoms with Gasteiger partial charge in [-0.15, -0.1) is 0 Å². The number of fused-ring (bicyclic) bond motifs is 1. The molecule has 0 saturated heterocycles. The lowest BCUT2D eigenvalue weighted by Gasteiger charge is -2.21. The summed E-state index contributed by atoms with van der Waals surface area (Å²) in [7, 11) is 0. The van der Waals surface area contributed by atoms with Crippen molar-refractivity contribution in [3.05, 3.63) is 65.2 Å². The second-order valence-corrected chi connectivity index (χ2v) is 9.38. The standard InChI is InChI=1S/C26H31N/c1-18-13-21(16-22(14-18)26(2,3)4)25-17-20(15-19-9-5-6-10-19)23-11-7-8-12-24(23)27-25/h7-8,11-14,16-17,19H,5-6,9-10,15H2,1-4H3. The zero-order chi connectivity index (χ0) is 19.0. The van der Waals surface area contributed by atoms with Gasteiger partial charge in [-0.2, -0.15) is 0 Å². The summed E-state index contributed by atoms with van der Waals surface area (Å²) in [6.07, 6.45) is 6.74. The third kappa shape index (κ3) is 3.93. The van der Waals surface area contributed by atoms with Gasteiger partial charge in [-0.3, -0.25) is 0 Å². The predicted octanol–water partition coefficient (Wildman–Crippen LogP) is 7.24. The normalized spacial score (nSPS) is 15.6. The van der Waals surface area contributed by atoms with Crippen LogP contribution in [0.5, 0.6) is 0 Å². The Balaban J connectivity index is 1.83. The molecule has 0 bridgehead atoms. The molecule has 1 saturated carbocycles. The van der Waals surface area contributed by atoms with E-state index in [2.05, 4.69) is 76.2 Å². The van der Waals surface area contributed by atoms with Crippen molar-refractivity contribution in [3.63, 3.8) is 0 Å². The van der Waals surface area contributed by atoms with Crippen molar-refractivity contribution in [2.75, 3.05) is 0 Å². The van der Waals surface area contributed by atoms with Gasteiger partial charge in [0.25, 0.3) is 0 Å². The van der Waals surface area contributed by atoms with Crippen molar-refractivity contribution < 1.29 is 0 Å². The van der Waals surface area contributed by atoms with E-state index in [0.717, 1.165) is 17.1 Å². The maximum Gasteiger partial charge on any atom is 0.0712 e. The van der Waals surface area contributed by atoms with Gasteiger partial charge in [0, 0.05) is 10.9 Å². The van der Waals surface area contributed by atoms with Crippen LogP contribution in [0.2, 0.25) is 0 Å². The molecule has 0 atom stereocenters. The summed E-state index contributed by atoms with van der Waals surface area (Å²) in [6, 6.07) is 18.0. The molecular formula is C26H31N. The van der Waals surface area contributed by atoms with Crippen molar-refractivity contribution in [2.45, 2.75) is 65.2 Å². The van der Waals surface area contributed by atoms with E-state index in [4.69, 9.17) is 4.98 Å². The summed E-state index contributed by atoms with van der Waals surface area (Å²) in [5.74, 6) is 0.839. The van der Waals surface area contributed by atoms with Crippen molar-refractivity contribution in [1.82, 2.24) is 4.98 Å². The summed E-state index contributed by atoms with van der Waals surface area (Å²) >= 11 is 0. The third-order valence-electron chi connectivity index (χ3n) is 6.02. The fraction of sp³-hybridized carbons (Fsp3) is 0.423. The average molecular weight is 358 g/mol. The van der Waals surface area contributed by atoms with Gasteiger partial charge in [0.05, 0.1) is 11.2 Å². The van der Waals surface area contributed by atoms with E-state index in [1.54, 1.807) is 0 Å². The van der Waals surface area contributed by atoms with Gasteiger partial charge in [-0.25, -0.2) is 4.98 Å². The van der Waals surface area contributed by atoms with Gasteiger partial charge >= 0.3 is 0 Å². The summed E-state index contributed by atoms with van der Waals surface area (Å²) in [6.45, 7) is 9.04. The molecule has 140 valence electrons. The molecule has 1 heterocycles. The van der Waals surface area contributed by atoms with Crippen molar-refractivity contribution in [1.29, 1.82) is 0 Å². The van der Waals surface area contributed by atoms with Gasteiger partial charge in [0.15, 0.2) is 0 Å². The maximum absolute atomic E-state index is 5.04. The van der Waals surface area contributed by atoms with Crippen LogP contribution in [0, 0.1) is 12.8 Å². The zero-order valence-corrected chi connectivity index (χ0v) is 17.2. The first-order valence-corrected chi connectivity index (χ1v) is 10.4. The van der Waals surface area contributed by atoms with Crippen LogP contribution in [-0.2, 0) is 11.8 Å². The molecule has 1 aromatic heterocycles. The molecule has 2 aromatic carbocycles. The average Bonchev–Trinajstić information content (AvgIpc) is 3.13. The first-order valence-electron chi connectivity index (χ1n) is 10.4. The second kappa shape index (κ2) is 7.11. The minimum Gasteiger partial charge on any atom is -0.248 e. The Morgan fingerprint density at radius 2 is 1.70 bits per heavy atom. The molecule has 1 nitrogen and oxygen atoms in total. The fourth-order valence-corrected chi connectivity index (χ4v) is 4.45. The summed E-state index contributed by atoms with van der Waals surface area (Å²) in [5.41, 5.74) is 7.80. The van der Waals surface area contributed by atoms with Crippen LogP contribution in [0.3, 0.4) is 0 Å². The quantitative estimate of drug-likeness (QED) is 0.481. The lowest BCUT2D eigenvalue weighted by atomic mass is 9.84. The molecule has 4 rings (SSSR count). The predicted molar refractivity (Wildman–Crippen MR) is 116 cm³/mol. The van der Waals surface area contributed by atoms with Crippen molar-refractivity contribution in [2.24, 2.45) is 5.92 Å². The number of pyridine rings is 1. The highest BCUT2D eigenvalue weighted by atomic mass is 14.7. The summed E-state index contributed by atoms with van der Waals surface area (Å²) in [5, 5.41) is 1.33. The molecule has 0 unspecified atom stereocenters. The minimum atomic E-state index is 0.143. The largest absolute Gasteiger partial charge is 0.248 e. The Kier molecular flexibility index (Phi) is 4.80. The maximum atomic E-state index is 5.04. The minimum absolute atomic E-state index is 0.143. The number of hydrogen-bond acceptors (Lipinski definition) is 1. The van der Waals surface area contributed by atoms with Gasteiger partial charge < -0.3 is 0 Å². The number of benzene rings is 2. The number of nitrogens with zero attached hydrogens (tertiary/aromatic N) is 1. The van der Waals surface area contributed by atoms with Gasteiger partial charge in [0.1, 0.15) is 0 Å². The molecule has 1 aliphatic rings. The molecule has 0 spiro atoms. The lowest BCUT2D eigenvalue weighted by Crippen LogP contribution is -2.11. The Bertz CT molecular complexity index is 956. The second-order valence-electron chi connectivity index (χ2n) is 9.38. The molecule has 0 N–H and O–H groups in total. The number of rotatable bonds is 3. The third-order valence-corrected chi connectivity index (χ3v) is 6.02. The van der Waals surface area contributed by atoms with E-state index >= 15 is 0 Å². The SMILES string of the molecule is Cc1cc(-c2cc(CC3CCCC3)c3ccccc3n2)cc(C(C)(C)C)c1. The fourth-order valence-electron chi connectivity index (χ4n) is 4.45. The highest BCUT2D eigenvalue weighted by molar-refractivity contribution is 5.85. The monoisotopic (exact) mass is 357 g/mol. The van der Waals surface area contributed by atoms with Gasteiger partial charge in [0.2, 0.25) is 0 Å². The van der Waals surface area contributed by atoms with E-state index in [0.29, 0.717) is 0 Å². The van der Waals surface area contributed by atoms with Crippen LogP contribution in [0.1, 0.15) is 63.1 Å². The van der Waals surface area contributed by atoms with E-state index in [-0.39, 0.29) is 5.41 Å². The zero-order valence-electron chi connectivity index (χ0n) is 17.2. The molecule has 0 radical (unpaired) electrons. The van der Waals surface area contributed by atoms with E-state index < -0.39 is 0 Å². The topological polar surface area (TPSA) is 12.9 Å². The number of para-hydroxylation sites is 1. The Labute approximate surface area is 163 Å². The number of aromatic nitrogens is 1. The van der Waals surface area contributed by atoms with Crippen LogP contribution in [0.25, 0.3) is 22.2 Å². The van der Waals surface area contributed by atoms with Crippen LogP contribution >= 0.6 is 0 Å². The summed E-state index contributed by atoms with van der Waals surface area (Å²) in [4.78, 5) is 5.04. The molecule has 1 fully saturated rings. The summed E-state index contributed by atoms with van der Waals surface area (Å²) < 4.78 is 0. The lowest BCUT2D eigenvalue weighted by molar-refractivity contribution is 0.548. The van der Waals surface area contributed by atoms with Crippen LogP contribution in [0.4, 0.5) is 0 Å². The molecule has 0 aliphatic heterocycles. The van der Waals surface area contributed by atoms with Gasteiger partial charge in [-0.05, 0) is 60.1 Å². The molecule has 27 heavy (non-hydrogen) atoms. The molecule has 1 heteroatoms. The molecule has 3 aromatic rings.